The van der Waals surface area contributed by atoms with Crippen LogP contribution in [-0.2, 0) is 33.2 Å². The van der Waals surface area contributed by atoms with Crippen LogP contribution in [0.1, 0.15) is 35.1 Å². The molecule has 7 nitrogen and oxygen atoms in total. The Hall–Kier alpha value is -3.81. The molecular weight excluding hydrogens is 574 g/mol. The first kappa shape index (κ1) is 28.7. The lowest BCUT2D eigenvalue weighted by molar-refractivity contribution is -0.147. The number of methoxy groups -OCH3 is 1. The summed E-state index contributed by atoms with van der Waals surface area (Å²) < 4.78 is 85.9. The number of esters is 1. The minimum atomic E-state index is -4.98. The number of aliphatic imine (C=N–C) groups is 1. The number of aromatic nitrogens is 2. The number of alkyl halides is 6. The molecule has 0 aliphatic carbocycles. The van der Waals surface area contributed by atoms with Crippen molar-refractivity contribution in [2.45, 2.75) is 31.7 Å². The van der Waals surface area contributed by atoms with Gasteiger partial charge in [-0.3, -0.25) is 14.3 Å². The number of rotatable bonds is 4. The van der Waals surface area contributed by atoms with Gasteiger partial charge in [-0.15, -0.1) is 0 Å². The van der Waals surface area contributed by atoms with Crippen molar-refractivity contribution >= 4 is 45.8 Å². The summed E-state index contributed by atoms with van der Waals surface area (Å²) in [6.45, 7) is 0.730. The first-order chi connectivity index (χ1) is 19.3. The number of fused-ring (bicyclic) bond motifs is 1. The van der Waals surface area contributed by atoms with Crippen LogP contribution in [0.25, 0.3) is 17.0 Å². The molecule has 216 valence electrons. The van der Waals surface area contributed by atoms with Crippen LogP contribution in [0.15, 0.2) is 52.5 Å². The number of hydrogen-bond acceptors (Lipinski definition) is 6. The molecule has 0 unspecified atom stereocenters. The van der Waals surface area contributed by atoms with Crippen molar-refractivity contribution in [1.29, 1.82) is 0 Å². The predicted octanol–water partition coefficient (Wildman–Crippen LogP) is 5.98. The van der Waals surface area contributed by atoms with Gasteiger partial charge in [0.1, 0.15) is 0 Å². The summed E-state index contributed by atoms with van der Waals surface area (Å²) >= 11 is 1.22. The molecule has 0 saturated carbocycles. The molecule has 41 heavy (non-hydrogen) atoms. The number of piperidine rings is 1. The molecule has 0 spiro atoms. The number of ether oxygens (including phenoxy) is 1. The number of amidine groups is 1. The summed E-state index contributed by atoms with van der Waals surface area (Å²) in [5, 5.41) is 5.26. The number of nitrogens with zero attached hydrogens (tertiary/aromatic N) is 4. The number of amides is 1. The second-order valence-corrected chi connectivity index (χ2v) is 10.6. The molecule has 1 amide bonds. The number of benzene rings is 2. The van der Waals surface area contributed by atoms with Gasteiger partial charge in [-0.2, -0.15) is 36.4 Å². The smallest absolute Gasteiger partial charge is 0.416 e. The Morgan fingerprint density at radius 1 is 1.07 bits per heavy atom. The number of carbonyl (C=O) groups excluding carboxylic acids is 2. The maximum Gasteiger partial charge on any atom is 0.416 e. The molecule has 0 radical (unpaired) electrons. The Morgan fingerprint density at radius 3 is 2.46 bits per heavy atom. The van der Waals surface area contributed by atoms with E-state index in [1.165, 1.54) is 29.8 Å². The van der Waals surface area contributed by atoms with E-state index in [1.807, 2.05) is 4.90 Å². The zero-order valence-electron chi connectivity index (χ0n) is 21.4. The molecule has 2 aromatic carbocycles. The Bertz CT molecular complexity index is 1570. The van der Waals surface area contributed by atoms with E-state index in [-0.39, 0.29) is 23.5 Å². The maximum atomic E-state index is 13.6. The molecule has 5 rings (SSSR count). The third kappa shape index (κ3) is 6.11. The molecule has 2 aliphatic heterocycles. The second kappa shape index (κ2) is 10.9. The van der Waals surface area contributed by atoms with Crippen LogP contribution in [0.4, 0.5) is 26.3 Å². The van der Waals surface area contributed by atoms with Gasteiger partial charge in [0.2, 0.25) is 0 Å². The highest BCUT2D eigenvalue weighted by Gasteiger charge is 2.38. The van der Waals surface area contributed by atoms with Crippen molar-refractivity contribution in [2.75, 3.05) is 20.2 Å². The van der Waals surface area contributed by atoms with Gasteiger partial charge in [0.05, 0.1) is 47.3 Å². The maximum absolute atomic E-state index is 13.6. The van der Waals surface area contributed by atoms with E-state index in [1.54, 1.807) is 24.3 Å². The van der Waals surface area contributed by atoms with E-state index in [0.717, 1.165) is 6.07 Å². The lowest BCUT2D eigenvalue weighted by Gasteiger charge is -2.31. The van der Waals surface area contributed by atoms with E-state index in [9.17, 15) is 35.9 Å². The number of hydrogen-bond donors (Lipinski definition) is 0. The first-order valence-corrected chi connectivity index (χ1v) is 13.2. The summed E-state index contributed by atoms with van der Waals surface area (Å²) in [4.78, 5) is 30.8. The molecule has 1 aromatic heterocycles. The summed E-state index contributed by atoms with van der Waals surface area (Å²) in [7, 11) is 1.35. The second-order valence-electron chi connectivity index (χ2n) is 9.58. The quantitative estimate of drug-likeness (QED) is 0.210. The van der Waals surface area contributed by atoms with Gasteiger partial charge in [-0.25, -0.2) is 0 Å². The Labute approximate surface area is 233 Å². The van der Waals surface area contributed by atoms with Gasteiger partial charge >= 0.3 is 18.3 Å². The number of thioether (sulfide) groups is 1. The number of halogens is 6. The van der Waals surface area contributed by atoms with Crippen molar-refractivity contribution in [3.63, 3.8) is 0 Å². The molecule has 14 heteroatoms. The van der Waals surface area contributed by atoms with Crippen LogP contribution in [0, 0.1) is 5.92 Å². The Balaban J connectivity index is 1.32. The average molecular weight is 597 g/mol. The fraction of sp³-hybridized carbons (Fsp3) is 0.333. The van der Waals surface area contributed by atoms with Gasteiger partial charge in [-0.1, -0.05) is 12.1 Å². The van der Waals surface area contributed by atoms with Crippen LogP contribution in [0.2, 0.25) is 0 Å². The Morgan fingerprint density at radius 2 is 1.80 bits per heavy atom. The zero-order valence-corrected chi connectivity index (χ0v) is 22.2. The molecule has 1 saturated heterocycles. The van der Waals surface area contributed by atoms with Crippen LogP contribution >= 0.6 is 11.8 Å². The highest BCUT2D eigenvalue weighted by Crippen LogP contribution is 2.38. The standard InChI is InChI=1S/C27H22F6N4O3S/c1-40-24(39)16-6-8-36(9-7-16)25-35-23(38)22(41-25)11-15-2-5-21-18(10-15)13-34-37(21)14-17-3-4-19(26(28,29)30)12-20(17)27(31,32)33/h2-5,10-13,16H,6-9,14H2,1H3/b22-11+. The molecule has 0 bridgehead atoms. The highest BCUT2D eigenvalue weighted by molar-refractivity contribution is 8.18. The fourth-order valence-electron chi connectivity index (χ4n) is 4.80. The van der Waals surface area contributed by atoms with Crippen LogP contribution < -0.4 is 0 Å². The van der Waals surface area contributed by atoms with Gasteiger partial charge in [0.25, 0.3) is 5.91 Å². The van der Waals surface area contributed by atoms with Crippen molar-refractivity contribution in [1.82, 2.24) is 14.7 Å². The molecule has 0 N–H and O–H groups in total. The number of likely N-dealkylation sites (tertiary alicyclic amines) is 1. The third-order valence-electron chi connectivity index (χ3n) is 6.94. The summed E-state index contributed by atoms with van der Waals surface area (Å²) in [5.74, 6) is -0.833. The zero-order chi connectivity index (χ0) is 29.5. The molecular formula is C27H22F6N4O3S. The van der Waals surface area contributed by atoms with Crippen molar-refractivity contribution < 1.29 is 40.7 Å². The van der Waals surface area contributed by atoms with Crippen LogP contribution in [0.5, 0.6) is 0 Å². The average Bonchev–Trinajstić information content (AvgIpc) is 3.49. The van der Waals surface area contributed by atoms with E-state index in [0.29, 0.717) is 58.5 Å². The largest absolute Gasteiger partial charge is 0.469 e. The van der Waals surface area contributed by atoms with Gasteiger partial charge < -0.3 is 9.64 Å². The molecule has 3 aromatic rings. The van der Waals surface area contributed by atoms with Gasteiger partial charge in [0, 0.05) is 18.5 Å². The SMILES string of the molecule is COC(=O)C1CCN(C2=NC(=O)/C(=C\c3ccc4c(cnn4Cc4ccc(C(F)(F)F)cc4C(F)(F)F)c3)S2)CC1. The Kier molecular flexibility index (Phi) is 7.62. The summed E-state index contributed by atoms with van der Waals surface area (Å²) in [6.07, 6.45) is -5.62. The van der Waals surface area contributed by atoms with Crippen LogP contribution in [-0.4, -0.2) is 51.9 Å². The van der Waals surface area contributed by atoms with Crippen molar-refractivity contribution in [3.05, 3.63) is 69.8 Å². The molecule has 3 heterocycles. The fourth-order valence-corrected chi connectivity index (χ4v) is 5.76. The highest BCUT2D eigenvalue weighted by atomic mass is 32.2. The van der Waals surface area contributed by atoms with E-state index >= 15 is 0 Å². The van der Waals surface area contributed by atoms with E-state index in [4.69, 9.17) is 4.74 Å². The van der Waals surface area contributed by atoms with E-state index in [2.05, 4.69) is 10.1 Å². The van der Waals surface area contributed by atoms with Crippen molar-refractivity contribution in [3.8, 4) is 0 Å². The molecule has 2 aliphatic rings. The summed E-state index contributed by atoms with van der Waals surface area (Å²) in [5.41, 5.74) is -2.00. The molecule has 0 atom stereocenters. The van der Waals surface area contributed by atoms with Crippen molar-refractivity contribution in [2.24, 2.45) is 10.9 Å². The topological polar surface area (TPSA) is 76.8 Å². The first-order valence-electron chi connectivity index (χ1n) is 12.4. The number of carbonyl (C=O) groups is 2. The van der Waals surface area contributed by atoms with Crippen LogP contribution in [0.3, 0.4) is 0 Å². The lowest BCUT2D eigenvalue weighted by Crippen LogP contribution is -2.38. The third-order valence-corrected chi connectivity index (χ3v) is 7.98. The minimum absolute atomic E-state index is 0.110. The van der Waals surface area contributed by atoms with Gasteiger partial charge in [-0.05, 0) is 66.1 Å². The molecule has 1 fully saturated rings. The predicted molar refractivity (Wildman–Crippen MR) is 140 cm³/mol. The van der Waals surface area contributed by atoms with E-state index < -0.39 is 35.9 Å². The monoisotopic (exact) mass is 596 g/mol. The minimum Gasteiger partial charge on any atom is -0.469 e. The van der Waals surface area contributed by atoms with Gasteiger partial charge in [0.15, 0.2) is 5.17 Å². The summed E-state index contributed by atoms with van der Waals surface area (Å²) in [6, 6.07) is 6.54. The normalized spacial score (nSPS) is 17.9. The lowest BCUT2D eigenvalue weighted by atomic mass is 9.97.